The lowest BCUT2D eigenvalue weighted by atomic mass is 10.3. The lowest BCUT2D eigenvalue weighted by Crippen LogP contribution is -2.31. The Morgan fingerprint density at radius 2 is 1.96 bits per heavy atom. The van der Waals surface area contributed by atoms with Gasteiger partial charge in [0.1, 0.15) is 10.6 Å². The number of para-hydroxylation sites is 1. The molecule has 0 unspecified atom stereocenters. The lowest BCUT2D eigenvalue weighted by molar-refractivity contribution is -0.118. The Bertz CT molecular complexity index is 716. The number of carbonyl (C=O) groups is 2. The maximum absolute atomic E-state index is 12.2. The third kappa shape index (κ3) is 6.17. The van der Waals surface area contributed by atoms with Gasteiger partial charge in [0.15, 0.2) is 11.7 Å². The van der Waals surface area contributed by atoms with Crippen molar-refractivity contribution in [2.75, 3.05) is 39.1 Å². The largest absolute Gasteiger partial charge is 0.484 e. The number of amides is 2. The van der Waals surface area contributed by atoms with Gasteiger partial charge in [-0.2, -0.15) is 0 Å². The van der Waals surface area contributed by atoms with Crippen molar-refractivity contribution in [1.82, 2.24) is 15.2 Å². The van der Waals surface area contributed by atoms with E-state index in [2.05, 4.69) is 15.6 Å². The highest BCUT2D eigenvalue weighted by Gasteiger charge is 2.16. The molecule has 25 heavy (non-hydrogen) atoms. The summed E-state index contributed by atoms with van der Waals surface area (Å²) in [5.74, 6) is 0.115. The summed E-state index contributed by atoms with van der Waals surface area (Å²) in [5, 5.41) is 5.88. The quantitative estimate of drug-likeness (QED) is 0.748. The van der Waals surface area contributed by atoms with E-state index in [-0.39, 0.29) is 18.4 Å². The van der Waals surface area contributed by atoms with Crippen LogP contribution in [0.25, 0.3) is 0 Å². The summed E-state index contributed by atoms with van der Waals surface area (Å²) in [6.45, 7) is 2.93. The number of hydrogen-bond acceptors (Lipinski definition) is 6. The number of ether oxygens (including phenoxy) is 1. The van der Waals surface area contributed by atoms with Gasteiger partial charge < -0.3 is 15.0 Å². The standard InChI is InChI=1S/C17H22N4O3S/c1-12-15(16(23)18-9-10-21(2)3)25-17(19-12)20-14(22)11-24-13-7-5-4-6-8-13/h4-8H,9-11H2,1-3H3,(H,18,23)(H,19,20,22). The Hall–Kier alpha value is -2.45. The highest BCUT2D eigenvalue weighted by atomic mass is 32.1. The van der Waals surface area contributed by atoms with Crippen molar-refractivity contribution in [3.8, 4) is 5.75 Å². The number of benzene rings is 1. The molecule has 8 heteroatoms. The molecule has 2 N–H and O–H groups in total. The molecular formula is C17H22N4O3S. The van der Waals surface area contributed by atoms with E-state index in [0.717, 1.165) is 17.9 Å². The van der Waals surface area contributed by atoms with Gasteiger partial charge in [-0.25, -0.2) is 4.98 Å². The van der Waals surface area contributed by atoms with Crippen molar-refractivity contribution in [3.63, 3.8) is 0 Å². The fourth-order valence-corrected chi connectivity index (χ4v) is 2.85. The Balaban J connectivity index is 1.86. The smallest absolute Gasteiger partial charge is 0.264 e. The fraction of sp³-hybridized carbons (Fsp3) is 0.353. The van der Waals surface area contributed by atoms with Crippen molar-refractivity contribution < 1.29 is 14.3 Å². The van der Waals surface area contributed by atoms with Gasteiger partial charge in [0, 0.05) is 13.1 Å². The van der Waals surface area contributed by atoms with E-state index in [9.17, 15) is 9.59 Å². The minimum absolute atomic E-state index is 0.118. The number of nitrogens with one attached hydrogen (secondary N) is 2. The number of nitrogens with zero attached hydrogens (tertiary/aromatic N) is 2. The van der Waals surface area contributed by atoms with Crippen molar-refractivity contribution in [2.24, 2.45) is 0 Å². The molecule has 7 nitrogen and oxygen atoms in total. The fourth-order valence-electron chi connectivity index (χ4n) is 1.95. The Morgan fingerprint density at radius 3 is 2.64 bits per heavy atom. The Kier molecular flexibility index (Phi) is 6.91. The third-order valence-electron chi connectivity index (χ3n) is 3.21. The number of hydrogen-bond donors (Lipinski definition) is 2. The van der Waals surface area contributed by atoms with Gasteiger partial charge in [0.25, 0.3) is 11.8 Å². The molecule has 2 amide bonds. The second-order valence-corrected chi connectivity index (χ2v) is 6.64. The summed E-state index contributed by atoms with van der Waals surface area (Å²) >= 11 is 1.15. The monoisotopic (exact) mass is 362 g/mol. The molecule has 1 heterocycles. The van der Waals surface area contributed by atoms with Crippen LogP contribution in [0.4, 0.5) is 5.13 Å². The van der Waals surface area contributed by atoms with Crippen molar-refractivity contribution in [3.05, 3.63) is 40.9 Å². The molecular weight excluding hydrogens is 340 g/mol. The molecule has 0 aliphatic heterocycles. The average molecular weight is 362 g/mol. The number of aryl methyl sites for hydroxylation is 1. The summed E-state index contributed by atoms with van der Waals surface area (Å²) in [6.07, 6.45) is 0. The first-order valence-electron chi connectivity index (χ1n) is 7.83. The summed E-state index contributed by atoms with van der Waals surface area (Å²) in [7, 11) is 3.88. The number of anilines is 1. The van der Waals surface area contributed by atoms with E-state index in [1.807, 2.05) is 37.2 Å². The van der Waals surface area contributed by atoms with Gasteiger partial charge in [-0.1, -0.05) is 29.5 Å². The summed E-state index contributed by atoms with van der Waals surface area (Å²) < 4.78 is 5.38. The molecule has 0 atom stereocenters. The van der Waals surface area contributed by atoms with Gasteiger partial charge in [-0.05, 0) is 33.2 Å². The number of likely N-dealkylation sites (N-methyl/N-ethyl adjacent to an activating group) is 1. The van der Waals surface area contributed by atoms with E-state index in [4.69, 9.17) is 4.74 Å². The molecule has 0 spiro atoms. The van der Waals surface area contributed by atoms with Gasteiger partial charge in [0.05, 0.1) is 5.69 Å². The first-order valence-corrected chi connectivity index (χ1v) is 8.65. The first kappa shape index (κ1) is 18.9. The molecule has 0 aliphatic carbocycles. The maximum atomic E-state index is 12.2. The molecule has 0 saturated heterocycles. The topological polar surface area (TPSA) is 83.6 Å². The van der Waals surface area contributed by atoms with Crippen LogP contribution in [0.1, 0.15) is 15.4 Å². The normalized spacial score (nSPS) is 10.6. The molecule has 2 aromatic rings. The molecule has 1 aromatic carbocycles. The van der Waals surface area contributed by atoms with Crippen LogP contribution in [0.3, 0.4) is 0 Å². The van der Waals surface area contributed by atoms with E-state index < -0.39 is 0 Å². The molecule has 2 rings (SSSR count). The Labute approximate surface area is 151 Å². The molecule has 0 saturated carbocycles. The number of thiazole rings is 1. The van der Waals surface area contributed by atoms with E-state index in [1.165, 1.54) is 0 Å². The minimum atomic E-state index is -0.322. The van der Waals surface area contributed by atoms with Gasteiger partial charge in [0.2, 0.25) is 0 Å². The summed E-state index contributed by atoms with van der Waals surface area (Å²) in [5.41, 5.74) is 0.589. The molecule has 134 valence electrons. The lowest BCUT2D eigenvalue weighted by Gasteiger charge is -2.09. The molecule has 0 aliphatic rings. The molecule has 0 fully saturated rings. The third-order valence-corrected chi connectivity index (χ3v) is 4.28. The van der Waals surface area contributed by atoms with Crippen LogP contribution in [-0.2, 0) is 4.79 Å². The highest BCUT2D eigenvalue weighted by Crippen LogP contribution is 2.22. The van der Waals surface area contributed by atoms with E-state index in [0.29, 0.717) is 28.0 Å². The van der Waals surface area contributed by atoms with Crippen LogP contribution in [-0.4, -0.2) is 55.5 Å². The van der Waals surface area contributed by atoms with E-state index >= 15 is 0 Å². The van der Waals surface area contributed by atoms with Crippen LogP contribution < -0.4 is 15.4 Å². The molecule has 1 aromatic heterocycles. The van der Waals surface area contributed by atoms with Crippen LogP contribution >= 0.6 is 11.3 Å². The zero-order valence-corrected chi connectivity index (χ0v) is 15.4. The number of aromatic nitrogens is 1. The molecule has 0 radical (unpaired) electrons. The van der Waals surface area contributed by atoms with Crippen molar-refractivity contribution >= 4 is 28.3 Å². The summed E-state index contributed by atoms with van der Waals surface area (Å²) in [4.78, 5) is 30.8. The number of carbonyl (C=O) groups excluding carboxylic acids is 2. The number of rotatable bonds is 8. The zero-order valence-electron chi connectivity index (χ0n) is 14.5. The maximum Gasteiger partial charge on any atom is 0.264 e. The minimum Gasteiger partial charge on any atom is -0.484 e. The average Bonchev–Trinajstić information content (AvgIpc) is 2.94. The van der Waals surface area contributed by atoms with Crippen LogP contribution in [0, 0.1) is 6.92 Å². The first-order chi connectivity index (χ1) is 12.0. The van der Waals surface area contributed by atoms with Crippen molar-refractivity contribution in [2.45, 2.75) is 6.92 Å². The van der Waals surface area contributed by atoms with E-state index in [1.54, 1.807) is 19.1 Å². The zero-order chi connectivity index (χ0) is 18.2. The Morgan fingerprint density at radius 1 is 1.24 bits per heavy atom. The van der Waals surface area contributed by atoms with Crippen LogP contribution in [0.5, 0.6) is 5.75 Å². The van der Waals surface area contributed by atoms with Crippen LogP contribution in [0.2, 0.25) is 0 Å². The predicted molar refractivity (Wildman–Crippen MR) is 98.3 cm³/mol. The second-order valence-electron chi connectivity index (χ2n) is 5.64. The molecule has 0 bridgehead atoms. The predicted octanol–water partition coefficient (Wildman–Crippen LogP) is 1.76. The van der Waals surface area contributed by atoms with Crippen molar-refractivity contribution in [1.29, 1.82) is 0 Å². The van der Waals surface area contributed by atoms with Gasteiger partial charge in [-0.3, -0.25) is 14.9 Å². The van der Waals surface area contributed by atoms with Gasteiger partial charge in [-0.15, -0.1) is 0 Å². The van der Waals surface area contributed by atoms with Gasteiger partial charge >= 0.3 is 0 Å². The second kappa shape index (κ2) is 9.14. The van der Waals surface area contributed by atoms with Crippen LogP contribution in [0.15, 0.2) is 30.3 Å². The SMILES string of the molecule is Cc1nc(NC(=O)COc2ccccc2)sc1C(=O)NCCN(C)C. The highest BCUT2D eigenvalue weighted by molar-refractivity contribution is 7.17. The summed E-state index contributed by atoms with van der Waals surface area (Å²) in [6, 6.07) is 9.08.